The van der Waals surface area contributed by atoms with Crippen molar-refractivity contribution in [2.75, 3.05) is 5.32 Å². The van der Waals surface area contributed by atoms with Crippen LogP contribution in [0, 0.1) is 18.3 Å². The van der Waals surface area contributed by atoms with Gasteiger partial charge >= 0.3 is 0 Å². The predicted octanol–water partition coefficient (Wildman–Crippen LogP) is 5.44. The Bertz CT molecular complexity index is 706. The minimum absolute atomic E-state index is 0.0209. The summed E-state index contributed by atoms with van der Waals surface area (Å²) in [5.74, 6) is 1.01. The number of fused-ring (bicyclic) bond motifs is 1. The fourth-order valence-electron chi connectivity index (χ4n) is 2.87. The van der Waals surface area contributed by atoms with Crippen molar-refractivity contribution in [1.29, 1.82) is 0 Å². The Hall–Kier alpha value is -1.20. The van der Waals surface area contributed by atoms with E-state index < -0.39 is 0 Å². The third-order valence-electron chi connectivity index (χ3n) is 3.67. The molecule has 1 N–H and O–H groups in total. The maximum Gasteiger partial charge on any atom is 0.225 e. The van der Waals surface area contributed by atoms with Crippen molar-refractivity contribution in [3.63, 3.8) is 0 Å². The summed E-state index contributed by atoms with van der Waals surface area (Å²) in [7, 11) is 0. The van der Waals surface area contributed by atoms with Crippen LogP contribution in [0.25, 0.3) is 10.2 Å². The largest absolute Gasteiger partial charge is 0.310 e. The van der Waals surface area contributed by atoms with Crippen LogP contribution < -0.4 is 5.32 Å². The number of nitrogens with one attached hydrogen (secondary N) is 1. The lowest BCUT2D eigenvalue weighted by Gasteiger charge is -2.23. The lowest BCUT2D eigenvalue weighted by atomic mass is 9.83. The van der Waals surface area contributed by atoms with Crippen LogP contribution in [0.3, 0.4) is 0 Å². The maximum absolute atomic E-state index is 12.3. The van der Waals surface area contributed by atoms with Gasteiger partial charge in [-0.25, -0.2) is 4.98 Å². The summed E-state index contributed by atoms with van der Waals surface area (Å²) in [6.45, 7) is 10.9. The van der Waals surface area contributed by atoms with E-state index in [1.165, 1.54) is 11.3 Å². The maximum atomic E-state index is 12.3. The Morgan fingerprint density at radius 3 is 2.74 bits per heavy atom. The highest BCUT2D eigenvalue weighted by molar-refractivity contribution is 7.17. The summed E-state index contributed by atoms with van der Waals surface area (Å²) in [6.07, 6.45) is 2.46. The molecular weight excluding hydrogens is 330 g/mol. The van der Waals surface area contributed by atoms with Gasteiger partial charge in [0, 0.05) is 6.42 Å². The molecule has 0 spiro atoms. The van der Waals surface area contributed by atoms with Gasteiger partial charge in [-0.3, -0.25) is 4.79 Å². The highest BCUT2D eigenvalue weighted by Gasteiger charge is 2.17. The Morgan fingerprint density at radius 1 is 1.39 bits per heavy atom. The van der Waals surface area contributed by atoms with Crippen LogP contribution in [0.2, 0.25) is 5.28 Å². The number of aryl methyl sites for hydroxylation is 1. The van der Waals surface area contributed by atoms with Crippen LogP contribution >= 0.6 is 22.9 Å². The molecule has 0 saturated heterocycles. The average molecular weight is 354 g/mol. The summed E-state index contributed by atoms with van der Waals surface area (Å²) in [6, 6.07) is 0. The molecule has 1 amide bonds. The van der Waals surface area contributed by atoms with E-state index in [4.69, 9.17) is 11.6 Å². The molecule has 1 atom stereocenters. The molecule has 0 saturated carbocycles. The summed E-state index contributed by atoms with van der Waals surface area (Å²) in [5, 5.41) is 5.95. The summed E-state index contributed by atoms with van der Waals surface area (Å²) < 4.78 is 0. The first-order valence-electron chi connectivity index (χ1n) is 7.87. The van der Waals surface area contributed by atoms with Gasteiger partial charge in [0.2, 0.25) is 11.2 Å². The van der Waals surface area contributed by atoms with Crippen molar-refractivity contribution in [2.24, 2.45) is 11.3 Å². The molecule has 0 aliphatic heterocycles. The number of halogens is 1. The first-order valence-corrected chi connectivity index (χ1v) is 9.12. The molecule has 2 rings (SSSR count). The molecule has 2 aromatic rings. The molecule has 0 aliphatic rings. The number of nitrogens with zero attached hydrogens (tertiary/aromatic N) is 2. The van der Waals surface area contributed by atoms with Gasteiger partial charge in [0.25, 0.3) is 0 Å². The summed E-state index contributed by atoms with van der Waals surface area (Å²) in [5.41, 5.74) is 1.34. The Morgan fingerprint density at radius 2 is 2.09 bits per heavy atom. The summed E-state index contributed by atoms with van der Waals surface area (Å²) >= 11 is 7.46. The fraction of sp³-hybridized carbons (Fsp3) is 0.588. The van der Waals surface area contributed by atoms with Crippen LogP contribution in [-0.2, 0) is 4.79 Å². The van der Waals surface area contributed by atoms with E-state index in [1.807, 2.05) is 12.3 Å². The molecule has 0 aliphatic carbocycles. The van der Waals surface area contributed by atoms with E-state index in [0.29, 0.717) is 18.2 Å². The molecule has 6 heteroatoms. The van der Waals surface area contributed by atoms with Crippen LogP contribution in [0.5, 0.6) is 0 Å². The molecule has 2 heterocycles. The van der Waals surface area contributed by atoms with Gasteiger partial charge in [0.15, 0.2) is 0 Å². The molecule has 126 valence electrons. The standard InChI is InChI=1S/C17H24ClN3OS/c1-10(8-17(3,4)5)6-7-12(22)19-14-13-11(2)9-23-15(13)21-16(18)20-14/h9-10H,6-8H2,1-5H3,(H,19,20,21,22). The van der Waals surface area contributed by atoms with Gasteiger partial charge in [-0.15, -0.1) is 11.3 Å². The van der Waals surface area contributed by atoms with Crippen molar-refractivity contribution in [1.82, 2.24) is 9.97 Å². The first kappa shape index (κ1) is 18.1. The highest BCUT2D eigenvalue weighted by Crippen LogP contribution is 2.31. The van der Waals surface area contributed by atoms with E-state index in [1.54, 1.807) is 0 Å². The van der Waals surface area contributed by atoms with Crippen molar-refractivity contribution in [3.8, 4) is 0 Å². The number of carbonyl (C=O) groups excluding carboxylic acids is 1. The topological polar surface area (TPSA) is 54.9 Å². The SMILES string of the molecule is Cc1csc2nc(Cl)nc(NC(=O)CCC(C)CC(C)(C)C)c12. The minimum Gasteiger partial charge on any atom is -0.310 e. The van der Waals surface area contributed by atoms with Gasteiger partial charge in [0.1, 0.15) is 10.6 Å². The van der Waals surface area contributed by atoms with Crippen molar-refractivity contribution in [2.45, 2.75) is 53.9 Å². The molecule has 2 aromatic heterocycles. The fourth-order valence-corrected chi connectivity index (χ4v) is 4.01. The van der Waals surface area contributed by atoms with Crippen LogP contribution in [0.15, 0.2) is 5.38 Å². The number of rotatable bonds is 5. The van der Waals surface area contributed by atoms with Gasteiger partial charge in [-0.05, 0) is 53.6 Å². The molecule has 1 unspecified atom stereocenters. The smallest absolute Gasteiger partial charge is 0.225 e. The minimum atomic E-state index is -0.0209. The third-order valence-corrected chi connectivity index (χ3v) is 4.83. The predicted molar refractivity (Wildman–Crippen MR) is 98.3 cm³/mol. The van der Waals surface area contributed by atoms with E-state index in [-0.39, 0.29) is 16.6 Å². The molecule has 0 bridgehead atoms. The Balaban J connectivity index is 2.02. The molecule has 0 aromatic carbocycles. The monoisotopic (exact) mass is 353 g/mol. The average Bonchev–Trinajstić information content (AvgIpc) is 2.76. The Kier molecular flexibility index (Phi) is 5.63. The van der Waals surface area contributed by atoms with E-state index >= 15 is 0 Å². The number of hydrogen-bond acceptors (Lipinski definition) is 4. The Labute approximate surface area is 146 Å². The molecular formula is C17H24ClN3OS. The number of aromatic nitrogens is 2. The zero-order valence-electron chi connectivity index (χ0n) is 14.4. The lowest BCUT2D eigenvalue weighted by Crippen LogP contribution is -2.16. The second-order valence-corrected chi connectivity index (χ2v) is 8.59. The van der Waals surface area contributed by atoms with E-state index in [2.05, 4.69) is 43.0 Å². The lowest BCUT2D eigenvalue weighted by molar-refractivity contribution is -0.116. The molecule has 4 nitrogen and oxygen atoms in total. The van der Waals surface area contributed by atoms with Crippen LogP contribution in [0.4, 0.5) is 5.82 Å². The number of thiophene rings is 1. The third kappa shape index (κ3) is 5.15. The molecule has 0 fully saturated rings. The molecule has 0 radical (unpaired) electrons. The van der Waals surface area contributed by atoms with Gasteiger partial charge < -0.3 is 5.32 Å². The zero-order chi connectivity index (χ0) is 17.2. The zero-order valence-corrected chi connectivity index (χ0v) is 15.9. The van der Waals surface area contributed by atoms with Crippen LogP contribution in [-0.4, -0.2) is 15.9 Å². The van der Waals surface area contributed by atoms with Gasteiger partial charge in [-0.2, -0.15) is 4.98 Å². The quantitative estimate of drug-likeness (QED) is 0.727. The van der Waals surface area contributed by atoms with Crippen molar-refractivity contribution >= 4 is 44.9 Å². The van der Waals surface area contributed by atoms with E-state index in [0.717, 1.165) is 28.6 Å². The summed E-state index contributed by atoms with van der Waals surface area (Å²) in [4.78, 5) is 21.5. The number of amides is 1. The van der Waals surface area contributed by atoms with Crippen molar-refractivity contribution < 1.29 is 4.79 Å². The second-order valence-electron chi connectivity index (χ2n) is 7.40. The first-order chi connectivity index (χ1) is 10.7. The highest BCUT2D eigenvalue weighted by atomic mass is 35.5. The second kappa shape index (κ2) is 7.14. The normalized spacial score (nSPS) is 13.3. The van der Waals surface area contributed by atoms with Crippen LogP contribution in [0.1, 0.15) is 52.5 Å². The molecule has 23 heavy (non-hydrogen) atoms. The number of hydrogen-bond donors (Lipinski definition) is 1. The van der Waals surface area contributed by atoms with Gasteiger partial charge in [0.05, 0.1) is 5.39 Å². The number of carbonyl (C=O) groups is 1. The van der Waals surface area contributed by atoms with Crippen molar-refractivity contribution in [3.05, 3.63) is 16.2 Å². The van der Waals surface area contributed by atoms with E-state index in [9.17, 15) is 4.79 Å². The number of anilines is 1. The van der Waals surface area contributed by atoms with Gasteiger partial charge in [-0.1, -0.05) is 27.7 Å².